The second-order valence-electron chi connectivity index (χ2n) is 5.62. The molecule has 1 saturated carbocycles. The van der Waals surface area contributed by atoms with E-state index >= 15 is 0 Å². The van der Waals surface area contributed by atoms with Crippen molar-refractivity contribution < 1.29 is 5.11 Å². The predicted octanol–water partition coefficient (Wildman–Crippen LogP) is 2.53. The van der Waals surface area contributed by atoms with E-state index in [1.165, 1.54) is 24.0 Å². The first-order valence-corrected chi connectivity index (χ1v) is 7.95. The third-order valence-electron chi connectivity index (χ3n) is 4.28. The van der Waals surface area contributed by atoms with E-state index in [2.05, 4.69) is 48.3 Å². The molecule has 0 spiro atoms. The second kappa shape index (κ2) is 7.77. The third-order valence-corrected chi connectivity index (χ3v) is 4.28. The molecule has 1 aromatic rings. The number of nitrogens with one attached hydrogen (secondary N) is 1. The molecular weight excluding hydrogens is 248 g/mol. The number of hydrogen-bond donors (Lipinski definition) is 2. The highest BCUT2D eigenvalue weighted by Crippen LogP contribution is 2.42. The summed E-state index contributed by atoms with van der Waals surface area (Å²) in [6, 6.07) is 8.65. The quantitative estimate of drug-likeness (QED) is 0.727. The first-order valence-electron chi connectivity index (χ1n) is 7.95. The van der Waals surface area contributed by atoms with Crippen molar-refractivity contribution in [1.82, 2.24) is 10.2 Å². The number of nitrogens with zero attached hydrogens (tertiary/aromatic N) is 1. The normalized spacial score (nSPS) is 16.6. The Balaban J connectivity index is 1.94. The Bertz CT molecular complexity index is 400. The number of aliphatic hydroxyl groups excluding tert-OH is 1. The molecule has 0 bridgehead atoms. The molecule has 112 valence electrons. The Labute approximate surface area is 123 Å². The molecule has 3 heteroatoms. The van der Waals surface area contributed by atoms with E-state index in [9.17, 15) is 5.11 Å². The van der Waals surface area contributed by atoms with Crippen molar-refractivity contribution in [2.24, 2.45) is 0 Å². The summed E-state index contributed by atoms with van der Waals surface area (Å²) in [6.07, 6.45) is 2.60. The van der Waals surface area contributed by atoms with Gasteiger partial charge in [-0.3, -0.25) is 0 Å². The van der Waals surface area contributed by atoms with Gasteiger partial charge in [-0.25, -0.2) is 0 Å². The van der Waals surface area contributed by atoms with E-state index < -0.39 is 0 Å². The topological polar surface area (TPSA) is 35.5 Å². The monoisotopic (exact) mass is 276 g/mol. The molecule has 2 rings (SSSR count). The van der Waals surface area contributed by atoms with Crippen LogP contribution in [0.2, 0.25) is 0 Å². The van der Waals surface area contributed by atoms with Crippen molar-refractivity contribution in [2.45, 2.75) is 38.6 Å². The first-order chi connectivity index (χ1) is 9.80. The van der Waals surface area contributed by atoms with Gasteiger partial charge >= 0.3 is 0 Å². The maximum absolute atomic E-state index is 9.71. The minimum absolute atomic E-state index is 0.0716. The van der Waals surface area contributed by atoms with Gasteiger partial charge in [-0.2, -0.15) is 0 Å². The van der Waals surface area contributed by atoms with E-state index in [0.717, 1.165) is 32.1 Å². The summed E-state index contributed by atoms with van der Waals surface area (Å²) >= 11 is 0. The lowest BCUT2D eigenvalue weighted by Crippen LogP contribution is -2.35. The van der Waals surface area contributed by atoms with Gasteiger partial charge in [-0.15, -0.1) is 0 Å². The van der Waals surface area contributed by atoms with Crippen molar-refractivity contribution in [2.75, 3.05) is 32.8 Å². The van der Waals surface area contributed by atoms with Gasteiger partial charge in [0.25, 0.3) is 0 Å². The Morgan fingerprint density at radius 2 is 1.95 bits per heavy atom. The van der Waals surface area contributed by atoms with Gasteiger partial charge in [0.05, 0.1) is 12.6 Å². The van der Waals surface area contributed by atoms with E-state index in [0.29, 0.717) is 0 Å². The van der Waals surface area contributed by atoms with Crippen molar-refractivity contribution in [3.63, 3.8) is 0 Å². The molecule has 3 nitrogen and oxygen atoms in total. The van der Waals surface area contributed by atoms with Crippen LogP contribution >= 0.6 is 0 Å². The fraction of sp³-hybridized carbons (Fsp3) is 0.647. The predicted molar refractivity (Wildman–Crippen MR) is 84.0 cm³/mol. The van der Waals surface area contributed by atoms with Crippen LogP contribution in [0.25, 0.3) is 0 Å². The van der Waals surface area contributed by atoms with Gasteiger partial charge in [0.15, 0.2) is 0 Å². The van der Waals surface area contributed by atoms with Crippen LogP contribution in [0.4, 0.5) is 0 Å². The number of likely N-dealkylation sites (N-methyl/N-ethyl adjacent to an activating group) is 1. The lowest BCUT2D eigenvalue weighted by atomic mass is 9.97. The van der Waals surface area contributed by atoms with Gasteiger partial charge in [0.2, 0.25) is 0 Å². The Morgan fingerprint density at radius 3 is 2.55 bits per heavy atom. The summed E-state index contributed by atoms with van der Waals surface area (Å²) in [4.78, 5) is 2.40. The molecule has 2 N–H and O–H groups in total. The fourth-order valence-corrected chi connectivity index (χ4v) is 2.80. The van der Waals surface area contributed by atoms with E-state index in [1.807, 2.05) is 0 Å². The zero-order chi connectivity index (χ0) is 14.4. The molecule has 20 heavy (non-hydrogen) atoms. The number of benzene rings is 1. The van der Waals surface area contributed by atoms with Crippen molar-refractivity contribution in [3.8, 4) is 0 Å². The van der Waals surface area contributed by atoms with Gasteiger partial charge in [0, 0.05) is 13.1 Å². The number of hydrogen-bond acceptors (Lipinski definition) is 3. The number of rotatable bonds is 9. The maximum atomic E-state index is 9.71. The highest BCUT2D eigenvalue weighted by atomic mass is 16.3. The van der Waals surface area contributed by atoms with Crippen LogP contribution in [0, 0.1) is 0 Å². The van der Waals surface area contributed by atoms with Crippen LogP contribution < -0.4 is 5.32 Å². The smallest absolute Gasteiger partial charge is 0.0626 e. The minimum atomic E-state index is 0.0716. The van der Waals surface area contributed by atoms with E-state index in [1.54, 1.807) is 0 Å². The van der Waals surface area contributed by atoms with Crippen molar-refractivity contribution in [3.05, 3.63) is 35.4 Å². The molecule has 0 heterocycles. The van der Waals surface area contributed by atoms with Crippen LogP contribution in [0.1, 0.15) is 49.8 Å². The second-order valence-corrected chi connectivity index (χ2v) is 5.62. The molecule has 1 unspecified atom stereocenters. The van der Waals surface area contributed by atoms with Gasteiger partial charge < -0.3 is 15.3 Å². The summed E-state index contributed by atoms with van der Waals surface area (Å²) in [5.74, 6) is 0.727. The lowest BCUT2D eigenvalue weighted by molar-refractivity contribution is 0.233. The van der Waals surface area contributed by atoms with Crippen LogP contribution in [-0.4, -0.2) is 42.8 Å². The molecule has 0 amide bonds. The van der Waals surface area contributed by atoms with Crippen LogP contribution in [0.3, 0.4) is 0 Å². The van der Waals surface area contributed by atoms with Crippen molar-refractivity contribution >= 4 is 0 Å². The highest BCUT2D eigenvalue weighted by molar-refractivity contribution is 5.35. The zero-order valence-electron chi connectivity index (χ0n) is 12.8. The molecule has 0 aliphatic heterocycles. The van der Waals surface area contributed by atoms with E-state index in [-0.39, 0.29) is 12.6 Å². The average molecular weight is 276 g/mol. The standard InChI is InChI=1S/C17H28N2O/c1-3-19(4-2)12-11-18-17(13-20)16-8-6-5-7-15(16)14-9-10-14/h5-8,14,17-18,20H,3-4,9-13H2,1-2H3. The summed E-state index contributed by atoms with van der Waals surface area (Å²) < 4.78 is 0. The summed E-state index contributed by atoms with van der Waals surface area (Å²) in [7, 11) is 0. The maximum Gasteiger partial charge on any atom is 0.0626 e. The number of aliphatic hydroxyl groups is 1. The Hall–Kier alpha value is -0.900. The highest BCUT2D eigenvalue weighted by Gasteiger charge is 2.27. The zero-order valence-corrected chi connectivity index (χ0v) is 12.8. The van der Waals surface area contributed by atoms with Gasteiger partial charge in [-0.05, 0) is 43.0 Å². The molecule has 1 aliphatic carbocycles. The molecule has 1 aliphatic rings. The lowest BCUT2D eigenvalue weighted by Gasteiger charge is -2.23. The molecular formula is C17H28N2O. The van der Waals surface area contributed by atoms with Gasteiger partial charge in [-0.1, -0.05) is 38.1 Å². The molecule has 1 atom stereocenters. The molecule has 1 aromatic carbocycles. The molecule has 0 saturated heterocycles. The first kappa shape index (κ1) is 15.5. The summed E-state index contributed by atoms with van der Waals surface area (Å²) in [5, 5.41) is 13.2. The SMILES string of the molecule is CCN(CC)CCNC(CO)c1ccccc1C1CC1. The van der Waals surface area contributed by atoms with Gasteiger partial charge in [0.1, 0.15) is 0 Å². The average Bonchev–Trinajstić information content (AvgIpc) is 3.32. The molecule has 1 fully saturated rings. The molecule has 0 aromatic heterocycles. The Morgan fingerprint density at radius 1 is 1.25 bits per heavy atom. The fourth-order valence-electron chi connectivity index (χ4n) is 2.80. The van der Waals surface area contributed by atoms with Crippen LogP contribution in [-0.2, 0) is 0 Å². The molecule has 0 radical (unpaired) electrons. The van der Waals surface area contributed by atoms with Crippen LogP contribution in [0.5, 0.6) is 0 Å². The largest absolute Gasteiger partial charge is 0.394 e. The third kappa shape index (κ3) is 4.05. The summed E-state index contributed by atoms with van der Waals surface area (Å²) in [6.45, 7) is 8.68. The van der Waals surface area contributed by atoms with Crippen LogP contribution in [0.15, 0.2) is 24.3 Å². The Kier molecular flexibility index (Phi) is 6.02. The summed E-state index contributed by atoms with van der Waals surface area (Å²) in [5.41, 5.74) is 2.72. The minimum Gasteiger partial charge on any atom is -0.394 e. The van der Waals surface area contributed by atoms with Crippen molar-refractivity contribution in [1.29, 1.82) is 0 Å². The van der Waals surface area contributed by atoms with E-state index in [4.69, 9.17) is 0 Å².